The molecule has 0 fully saturated rings. The van der Waals surface area contributed by atoms with Gasteiger partial charge in [0.05, 0.1) is 30.3 Å². The van der Waals surface area contributed by atoms with Gasteiger partial charge in [0.2, 0.25) is 5.88 Å². The van der Waals surface area contributed by atoms with Crippen LogP contribution in [0.25, 0.3) is 0 Å². The standard InChI is InChI=1S/C20H19F3N2O5/c1-3-28-15(26)9-14-17(19(27)29-4-2)16(12(10-24)18(25)30-14)11-7-5-6-8-13(11)20(21,22)23/h5-8,16H,3-4,9,25H2,1-2H3. The molecule has 0 aromatic heterocycles. The zero-order chi connectivity index (χ0) is 22.5. The van der Waals surface area contributed by atoms with Gasteiger partial charge in [-0.25, -0.2) is 4.79 Å². The van der Waals surface area contributed by atoms with E-state index < -0.39 is 58.6 Å². The van der Waals surface area contributed by atoms with Crippen molar-refractivity contribution in [2.45, 2.75) is 32.4 Å². The first-order valence-electron chi connectivity index (χ1n) is 8.95. The summed E-state index contributed by atoms with van der Waals surface area (Å²) in [5.74, 6) is -4.19. The normalized spacial score (nSPS) is 16.6. The highest BCUT2D eigenvalue weighted by molar-refractivity contribution is 5.93. The summed E-state index contributed by atoms with van der Waals surface area (Å²) in [6.07, 6.45) is -5.35. The summed E-state index contributed by atoms with van der Waals surface area (Å²) in [7, 11) is 0. The molecule has 160 valence electrons. The van der Waals surface area contributed by atoms with Gasteiger partial charge < -0.3 is 19.9 Å². The fraction of sp³-hybridized carbons (Fsp3) is 0.350. The van der Waals surface area contributed by atoms with Crippen LogP contribution >= 0.6 is 0 Å². The summed E-state index contributed by atoms with van der Waals surface area (Å²) in [6.45, 7) is 3.01. The molecular formula is C20H19F3N2O5. The predicted molar refractivity (Wildman–Crippen MR) is 97.0 cm³/mol. The summed E-state index contributed by atoms with van der Waals surface area (Å²) in [6, 6.07) is 6.17. The molecular weight excluding hydrogens is 405 g/mol. The van der Waals surface area contributed by atoms with E-state index in [0.717, 1.165) is 12.1 Å². The van der Waals surface area contributed by atoms with Gasteiger partial charge in [0.15, 0.2) is 0 Å². The van der Waals surface area contributed by atoms with Crippen molar-refractivity contribution in [1.29, 1.82) is 5.26 Å². The molecule has 0 saturated carbocycles. The van der Waals surface area contributed by atoms with E-state index >= 15 is 0 Å². The van der Waals surface area contributed by atoms with E-state index in [-0.39, 0.29) is 19.0 Å². The fourth-order valence-corrected chi connectivity index (χ4v) is 3.04. The Morgan fingerprint density at radius 3 is 2.40 bits per heavy atom. The molecule has 2 rings (SSSR count). The lowest BCUT2D eigenvalue weighted by Gasteiger charge is -2.29. The second kappa shape index (κ2) is 9.35. The molecule has 0 aliphatic carbocycles. The van der Waals surface area contributed by atoms with E-state index in [9.17, 15) is 28.0 Å². The Bertz CT molecular complexity index is 944. The van der Waals surface area contributed by atoms with Gasteiger partial charge in [-0.2, -0.15) is 18.4 Å². The molecule has 30 heavy (non-hydrogen) atoms. The minimum Gasteiger partial charge on any atom is -0.466 e. The number of allylic oxidation sites excluding steroid dienone is 1. The zero-order valence-electron chi connectivity index (χ0n) is 16.2. The third-order valence-electron chi connectivity index (χ3n) is 4.18. The van der Waals surface area contributed by atoms with Crippen LogP contribution < -0.4 is 5.73 Å². The van der Waals surface area contributed by atoms with Crippen LogP contribution in [0.1, 0.15) is 37.3 Å². The summed E-state index contributed by atoms with van der Waals surface area (Å²) in [4.78, 5) is 24.7. The Kier molecular flexibility index (Phi) is 7.10. The van der Waals surface area contributed by atoms with Gasteiger partial charge >= 0.3 is 18.1 Å². The van der Waals surface area contributed by atoms with E-state index in [1.54, 1.807) is 13.0 Å². The molecule has 1 atom stereocenters. The maximum atomic E-state index is 13.6. The van der Waals surface area contributed by atoms with Crippen LogP contribution in [-0.2, 0) is 30.0 Å². The summed E-state index contributed by atoms with van der Waals surface area (Å²) in [5.41, 5.74) is 3.51. The highest BCUT2D eigenvalue weighted by atomic mass is 19.4. The van der Waals surface area contributed by atoms with Crippen molar-refractivity contribution in [3.8, 4) is 6.07 Å². The molecule has 0 saturated heterocycles. The second-order valence-corrected chi connectivity index (χ2v) is 6.05. The molecule has 0 bridgehead atoms. The van der Waals surface area contributed by atoms with E-state index in [1.165, 1.54) is 19.1 Å². The number of hydrogen-bond acceptors (Lipinski definition) is 7. The topological polar surface area (TPSA) is 112 Å². The monoisotopic (exact) mass is 424 g/mol. The maximum Gasteiger partial charge on any atom is 0.416 e. The maximum absolute atomic E-state index is 13.6. The number of halogens is 3. The minimum absolute atomic E-state index is 0.0377. The number of nitrogens with two attached hydrogens (primary N) is 1. The second-order valence-electron chi connectivity index (χ2n) is 6.05. The Balaban J connectivity index is 2.78. The van der Waals surface area contributed by atoms with E-state index in [0.29, 0.717) is 0 Å². The number of carbonyl (C=O) groups excluding carboxylic acids is 2. The lowest BCUT2D eigenvalue weighted by molar-refractivity contribution is -0.143. The number of carbonyl (C=O) groups is 2. The van der Waals surface area contributed by atoms with Crippen molar-refractivity contribution in [1.82, 2.24) is 0 Å². The minimum atomic E-state index is -4.77. The SMILES string of the molecule is CCOC(=O)CC1=C(C(=O)OCC)C(c2ccccc2C(F)(F)F)C(C#N)=C(N)O1. The summed E-state index contributed by atoms with van der Waals surface area (Å²) in [5, 5.41) is 9.55. The number of benzene rings is 1. The zero-order valence-corrected chi connectivity index (χ0v) is 16.2. The van der Waals surface area contributed by atoms with Gasteiger partial charge in [-0.15, -0.1) is 0 Å². The smallest absolute Gasteiger partial charge is 0.416 e. The molecule has 7 nitrogen and oxygen atoms in total. The van der Waals surface area contributed by atoms with Gasteiger partial charge in [0.1, 0.15) is 23.8 Å². The van der Waals surface area contributed by atoms with E-state index in [4.69, 9.17) is 19.9 Å². The van der Waals surface area contributed by atoms with Gasteiger partial charge in [-0.3, -0.25) is 4.79 Å². The largest absolute Gasteiger partial charge is 0.466 e. The third-order valence-corrected chi connectivity index (χ3v) is 4.18. The van der Waals surface area contributed by atoms with Crippen LogP contribution in [0.4, 0.5) is 13.2 Å². The molecule has 0 spiro atoms. The van der Waals surface area contributed by atoms with Crippen molar-refractivity contribution >= 4 is 11.9 Å². The first kappa shape index (κ1) is 22.8. The molecule has 1 heterocycles. The number of rotatable bonds is 6. The lowest BCUT2D eigenvalue weighted by Crippen LogP contribution is -2.28. The molecule has 1 aromatic rings. The van der Waals surface area contributed by atoms with Gasteiger partial charge in [0.25, 0.3) is 0 Å². The number of esters is 2. The Morgan fingerprint density at radius 1 is 1.20 bits per heavy atom. The number of alkyl halides is 3. The molecule has 0 amide bonds. The number of nitriles is 1. The van der Waals surface area contributed by atoms with Crippen molar-refractivity contribution in [3.63, 3.8) is 0 Å². The van der Waals surface area contributed by atoms with Crippen LogP contribution in [0.3, 0.4) is 0 Å². The average molecular weight is 424 g/mol. The molecule has 10 heteroatoms. The average Bonchev–Trinajstić information content (AvgIpc) is 2.67. The van der Waals surface area contributed by atoms with Crippen molar-refractivity contribution in [3.05, 3.63) is 58.2 Å². The van der Waals surface area contributed by atoms with Crippen LogP contribution in [0, 0.1) is 11.3 Å². The molecule has 0 radical (unpaired) electrons. The lowest BCUT2D eigenvalue weighted by atomic mass is 9.80. The fourth-order valence-electron chi connectivity index (χ4n) is 3.04. The predicted octanol–water partition coefficient (Wildman–Crippen LogP) is 3.28. The van der Waals surface area contributed by atoms with Crippen LogP contribution in [-0.4, -0.2) is 25.2 Å². The molecule has 1 unspecified atom stereocenters. The number of ether oxygens (including phenoxy) is 3. The van der Waals surface area contributed by atoms with Crippen LogP contribution in [0.5, 0.6) is 0 Å². The van der Waals surface area contributed by atoms with Crippen molar-refractivity contribution in [2.24, 2.45) is 5.73 Å². The highest BCUT2D eigenvalue weighted by Gasteiger charge is 2.43. The van der Waals surface area contributed by atoms with Crippen molar-refractivity contribution in [2.75, 3.05) is 13.2 Å². The Morgan fingerprint density at radius 2 is 1.83 bits per heavy atom. The molecule has 1 aliphatic heterocycles. The Labute approximate surface area is 170 Å². The Hall–Kier alpha value is -3.48. The van der Waals surface area contributed by atoms with Gasteiger partial charge in [-0.05, 0) is 25.5 Å². The van der Waals surface area contributed by atoms with Gasteiger partial charge in [0, 0.05) is 0 Å². The third kappa shape index (κ3) is 4.74. The highest BCUT2D eigenvalue weighted by Crippen LogP contribution is 2.45. The van der Waals surface area contributed by atoms with Crippen molar-refractivity contribution < 1.29 is 37.0 Å². The number of hydrogen-bond donors (Lipinski definition) is 1. The van der Waals surface area contributed by atoms with Gasteiger partial charge in [-0.1, -0.05) is 18.2 Å². The molecule has 2 N–H and O–H groups in total. The summed E-state index contributed by atoms with van der Waals surface area (Å²) >= 11 is 0. The first-order valence-corrected chi connectivity index (χ1v) is 8.95. The van der Waals surface area contributed by atoms with E-state index in [1.807, 2.05) is 0 Å². The quantitative estimate of drug-likeness (QED) is 0.698. The molecule has 1 aliphatic rings. The van der Waals surface area contributed by atoms with E-state index in [2.05, 4.69) is 0 Å². The first-order chi connectivity index (χ1) is 14.1. The van der Waals surface area contributed by atoms with Crippen LogP contribution in [0.2, 0.25) is 0 Å². The summed E-state index contributed by atoms with van der Waals surface area (Å²) < 4.78 is 56.0. The number of nitrogens with zero attached hydrogens (tertiary/aromatic N) is 1. The van der Waals surface area contributed by atoms with Crippen LogP contribution in [0.15, 0.2) is 47.1 Å². The molecule has 1 aromatic carbocycles.